The molecule has 0 bridgehead atoms. The van der Waals surface area contributed by atoms with Gasteiger partial charge < -0.3 is 24.4 Å². The van der Waals surface area contributed by atoms with Crippen molar-refractivity contribution in [2.24, 2.45) is 0 Å². The highest BCUT2D eigenvalue weighted by molar-refractivity contribution is 6.04. The third-order valence-corrected chi connectivity index (χ3v) is 3.79. The number of benzene rings is 2. The lowest BCUT2D eigenvalue weighted by atomic mass is 9.92. The number of aromatic hydroxyl groups is 1. The van der Waals surface area contributed by atoms with Gasteiger partial charge in [-0.2, -0.15) is 0 Å². The molecule has 3 rings (SSSR count). The van der Waals surface area contributed by atoms with Gasteiger partial charge in [0, 0.05) is 11.6 Å². The second-order valence-corrected chi connectivity index (χ2v) is 5.19. The van der Waals surface area contributed by atoms with Crippen LogP contribution in [-0.4, -0.2) is 30.2 Å². The van der Waals surface area contributed by atoms with E-state index in [1.165, 1.54) is 20.3 Å². The summed E-state index contributed by atoms with van der Waals surface area (Å²) in [6, 6.07) is 10.0. The molecule has 0 aliphatic carbocycles. The standard InChI is InChI=1S/C17H16O6/c1-21-13-8-12-14(15(19)16(13)22-2)11(18)9-17(20,23-12)10-6-4-3-5-7-10/h3-8,19-20H,9H2,1-2H3/t17-/m1/s1. The van der Waals surface area contributed by atoms with Gasteiger partial charge >= 0.3 is 0 Å². The number of phenolic OH excluding ortho intramolecular Hbond substituents is 1. The van der Waals surface area contributed by atoms with Crippen molar-refractivity contribution >= 4 is 5.78 Å². The highest BCUT2D eigenvalue weighted by Crippen LogP contribution is 2.49. The molecule has 0 unspecified atom stereocenters. The Kier molecular flexibility index (Phi) is 3.61. The molecule has 2 aromatic rings. The predicted octanol–water partition coefficient (Wildman–Crippen LogP) is 2.22. The molecule has 1 atom stereocenters. The summed E-state index contributed by atoms with van der Waals surface area (Å²) in [6.07, 6.45) is -0.312. The third-order valence-electron chi connectivity index (χ3n) is 3.79. The maximum Gasteiger partial charge on any atom is 0.242 e. The molecule has 0 fully saturated rings. The number of aliphatic hydroxyl groups is 1. The molecule has 0 aromatic heterocycles. The van der Waals surface area contributed by atoms with Gasteiger partial charge in [0.2, 0.25) is 11.5 Å². The summed E-state index contributed by atoms with van der Waals surface area (Å²) in [5.41, 5.74) is 0.427. The van der Waals surface area contributed by atoms with Crippen molar-refractivity contribution in [1.82, 2.24) is 0 Å². The van der Waals surface area contributed by atoms with Gasteiger partial charge in [0.15, 0.2) is 17.3 Å². The lowest BCUT2D eigenvalue weighted by molar-refractivity contribution is -0.147. The highest BCUT2D eigenvalue weighted by Gasteiger charge is 2.43. The Labute approximate surface area is 132 Å². The van der Waals surface area contributed by atoms with Gasteiger partial charge in [-0.1, -0.05) is 30.3 Å². The minimum absolute atomic E-state index is 0.0248. The first-order chi connectivity index (χ1) is 11.0. The van der Waals surface area contributed by atoms with E-state index in [-0.39, 0.29) is 35.0 Å². The van der Waals surface area contributed by atoms with Gasteiger partial charge in [-0.05, 0) is 0 Å². The van der Waals surface area contributed by atoms with Crippen LogP contribution in [-0.2, 0) is 5.79 Å². The van der Waals surface area contributed by atoms with E-state index in [4.69, 9.17) is 14.2 Å². The number of Topliss-reactive ketones (excluding diaryl/α,β-unsaturated/α-hetero) is 1. The molecule has 0 radical (unpaired) electrons. The number of carbonyl (C=O) groups excluding carboxylic acids is 1. The van der Waals surface area contributed by atoms with Crippen molar-refractivity contribution in [2.75, 3.05) is 14.2 Å². The number of methoxy groups -OCH3 is 2. The molecule has 2 aromatic carbocycles. The van der Waals surface area contributed by atoms with Crippen LogP contribution in [0.2, 0.25) is 0 Å². The zero-order valence-corrected chi connectivity index (χ0v) is 12.7. The molecule has 2 N–H and O–H groups in total. The average Bonchev–Trinajstić information content (AvgIpc) is 2.54. The summed E-state index contributed by atoms with van der Waals surface area (Å²) in [6.45, 7) is 0. The van der Waals surface area contributed by atoms with Crippen molar-refractivity contribution in [1.29, 1.82) is 0 Å². The lowest BCUT2D eigenvalue weighted by Crippen LogP contribution is -2.39. The van der Waals surface area contributed by atoms with E-state index >= 15 is 0 Å². The maximum atomic E-state index is 12.5. The molecular formula is C17H16O6. The predicted molar refractivity (Wildman–Crippen MR) is 81.1 cm³/mol. The van der Waals surface area contributed by atoms with Gasteiger partial charge in [0.25, 0.3) is 0 Å². The van der Waals surface area contributed by atoms with Crippen LogP contribution >= 0.6 is 0 Å². The number of ether oxygens (including phenoxy) is 3. The molecule has 6 nitrogen and oxygen atoms in total. The van der Waals surface area contributed by atoms with Crippen LogP contribution in [0, 0.1) is 0 Å². The van der Waals surface area contributed by atoms with Crippen molar-refractivity contribution in [2.45, 2.75) is 12.2 Å². The van der Waals surface area contributed by atoms with E-state index < -0.39 is 11.6 Å². The van der Waals surface area contributed by atoms with Crippen LogP contribution in [0.15, 0.2) is 36.4 Å². The fourth-order valence-corrected chi connectivity index (χ4v) is 2.69. The minimum Gasteiger partial charge on any atom is -0.504 e. The van der Waals surface area contributed by atoms with E-state index in [2.05, 4.69) is 0 Å². The zero-order chi connectivity index (χ0) is 16.6. The summed E-state index contributed by atoms with van der Waals surface area (Å²) in [5, 5.41) is 21.0. The Bertz CT molecular complexity index is 755. The first-order valence-corrected chi connectivity index (χ1v) is 6.98. The van der Waals surface area contributed by atoms with E-state index in [9.17, 15) is 15.0 Å². The minimum atomic E-state index is -1.79. The molecule has 1 aliphatic rings. The van der Waals surface area contributed by atoms with Crippen molar-refractivity contribution in [3.05, 3.63) is 47.5 Å². The second kappa shape index (κ2) is 5.48. The molecule has 0 saturated carbocycles. The smallest absolute Gasteiger partial charge is 0.242 e. The molecule has 0 spiro atoms. The second-order valence-electron chi connectivity index (χ2n) is 5.19. The number of ketones is 1. The fraction of sp³-hybridized carbons (Fsp3) is 0.235. The van der Waals surface area contributed by atoms with E-state index in [1.807, 2.05) is 0 Å². The number of carbonyl (C=O) groups is 1. The van der Waals surface area contributed by atoms with Crippen LogP contribution in [0.4, 0.5) is 0 Å². The van der Waals surface area contributed by atoms with E-state index in [0.717, 1.165) is 0 Å². The Balaban J connectivity index is 2.14. The number of phenols is 1. The fourth-order valence-electron chi connectivity index (χ4n) is 2.69. The van der Waals surface area contributed by atoms with E-state index in [1.54, 1.807) is 30.3 Å². The number of hydrogen-bond acceptors (Lipinski definition) is 6. The zero-order valence-electron chi connectivity index (χ0n) is 12.7. The molecular weight excluding hydrogens is 300 g/mol. The largest absolute Gasteiger partial charge is 0.504 e. The number of rotatable bonds is 3. The molecule has 1 heterocycles. The van der Waals surface area contributed by atoms with Crippen LogP contribution in [0.25, 0.3) is 0 Å². The van der Waals surface area contributed by atoms with Gasteiger partial charge in [-0.25, -0.2) is 0 Å². The Morgan fingerprint density at radius 3 is 2.48 bits per heavy atom. The van der Waals surface area contributed by atoms with Crippen LogP contribution < -0.4 is 14.2 Å². The lowest BCUT2D eigenvalue weighted by Gasteiger charge is -2.34. The van der Waals surface area contributed by atoms with Crippen LogP contribution in [0.1, 0.15) is 22.3 Å². The maximum absolute atomic E-state index is 12.5. The third kappa shape index (κ3) is 2.37. The normalized spacial score (nSPS) is 19.7. The van der Waals surface area contributed by atoms with Gasteiger partial charge in [-0.3, -0.25) is 4.79 Å². The molecule has 1 aliphatic heterocycles. The number of hydrogen-bond donors (Lipinski definition) is 2. The van der Waals surface area contributed by atoms with Crippen molar-refractivity contribution in [3.8, 4) is 23.0 Å². The number of fused-ring (bicyclic) bond motifs is 1. The van der Waals surface area contributed by atoms with Crippen LogP contribution in [0.3, 0.4) is 0 Å². The molecule has 0 amide bonds. The molecule has 120 valence electrons. The van der Waals surface area contributed by atoms with Crippen molar-refractivity contribution < 1.29 is 29.2 Å². The quantitative estimate of drug-likeness (QED) is 0.903. The summed E-state index contributed by atoms with van der Waals surface area (Å²) in [7, 11) is 2.76. The summed E-state index contributed by atoms with van der Waals surface area (Å²) < 4.78 is 15.8. The van der Waals surface area contributed by atoms with E-state index in [0.29, 0.717) is 5.56 Å². The Morgan fingerprint density at radius 2 is 1.87 bits per heavy atom. The van der Waals surface area contributed by atoms with Crippen molar-refractivity contribution in [3.63, 3.8) is 0 Å². The Morgan fingerprint density at radius 1 is 1.17 bits per heavy atom. The van der Waals surface area contributed by atoms with Gasteiger partial charge in [-0.15, -0.1) is 0 Å². The summed E-state index contributed by atoms with van der Waals surface area (Å²) in [5.74, 6) is -2.31. The first-order valence-electron chi connectivity index (χ1n) is 6.98. The Hall–Kier alpha value is -2.73. The van der Waals surface area contributed by atoms with Crippen LogP contribution in [0.5, 0.6) is 23.0 Å². The van der Waals surface area contributed by atoms with Gasteiger partial charge in [0.1, 0.15) is 11.3 Å². The monoisotopic (exact) mass is 316 g/mol. The average molecular weight is 316 g/mol. The first kappa shape index (κ1) is 15.2. The SMILES string of the molecule is COc1cc2c(c(O)c1OC)C(=O)C[C@](O)(c1ccccc1)O2. The molecule has 6 heteroatoms. The van der Waals surface area contributed by atoms with Gasteiger partial charge in [0.05, 0.1) is 20.6 Å². The molecule has 0 saturated heterocycles. The summed E-state index contributed by atoms with van der Waals surface area (Å²) >= 11 is 0. The highest BCUT2D eigenvalue weighted by atomic mass is 16.6. The molecule has 23 heavy (non-hydrogen) atoms. The topological polar surface area (TPSA) is 85.2 Å². The summed E-state index contributed by atoms with van der Waals surface area (Å²) in [4.78, 5) is 12.5.